The Hall–Kier alpha value is -0.390. The van der Waals surface area contributed by atoms with Crippen LogP contribution in [0.4, 0.5) is 13.2 Å². The van der Waals surface area contributed by atoms with Crippen molar-refractivity contribution >= 4 is 16.9 Å². The molecule has 0 aromatic rings. The molecule has 0 aliphatic carbocycles. The molecule has 2 nitrogen and oxygen atoms in total. The van der Waals surface area contributed by atoms with Gasteiger partial charge in [0, 0.05) is 11.3 Å². The van der Waals surface area contributed by atoms with Crippen LogP contribution in [0.15, 0.2) is 4.99 Å². The molecule has 1 heterocycles. The van der Waals surface area contributed by atoms with Crippen molar-refractivity contribution in [3.05, 3.63) is 0 Å². The second-order valence-corrected chi connectivity index (χ2v) is 5.97. The fourth-order valence-corrected chi connectivity index (χ4v) is 3.57. The van der Waals surface area contributed by atoms with Gasteiger partial charge in [-0.15, -0.1) is 0 Å². The van der Waals surface area contributed by atoms with Gasteiger partial charge in [-0.05, 0) is 12.8 Å². The van der Waals surface area contributed by atoms with Crippen LogP contribution in [0, 0.1) is 5.92 Å². The molecule has 0 amide bonds. The van der Waals surface area contributed by atoms with E-state index in [2.05, 4.69) is 24.2 Å². The van der Waals surface area contributed by atoms with Gasteiger partial charge in [0.25, 0.3) is 0 Å². The summed E-state index contributed by atoms with van der Waals surface area (Å²) in [7, 11) is 0. The van der Waals surface area contributed by atoms with E-state index in [0.29, 0.717) is 16.3 Å². The monoisotopic (exact) mass is 282 g/mol. The Morgan fingerprint density at radius 2 is 2.00 bits per heavy atom. The van der Waals surface area contributed by atoms with Crippen molar-refractivity contribution < 1.29 is 13.2 Å². The number of nitrogens with one attached hydrogen (secondary N) is 1. The first-order chi connectivity index (χ1) is 8.35. The number of hydrogen-bond acceptors (Lipinski definition) is 3. The Morgan fingerprint density at radius 3 is 2.50 bits per heavy atom. The summed E-state index contributed by atoms with van der Waals surface area (Å²) in [6.45, 7) is 6.55. The van der Waals surface area contributed by atoms with Crippen LogP contribution in [0.2, 0.25) is 0 Å². The van der Waals surface area contributed by atoms with Gasteiger partial charge in [0.05, 0.1) is 13.0 Å². The lowest BCUT2D eigenvalue weighted by Crippen LogP contribution is -2.34. The summed E-state index contributed by atoms with van der Waals surface area (Å²) in [5.74, 6) is 0.593. The third-order valence-electron chi connectivity index (χ3n) is 3.16. The van der Waals surface area contributed by atoms with Crippen LogP contribution < -0.4 is 5.32 Å². The van der Waals surface area contributed by atoms with Crippen LogP contribution >= 0.6 is 11.8 Å². The molecular weight excluding hydrogens is 261 g/mol. The molecule has 0 radical (unpaired) electrons. The smallest absolute Gasteiger partial charge is 0.362 e. The highest BCUT2D eigenvalue weighted by molar-refractivity contribution is 8.14. The Balaban J connectivity index is 2.38. The Labute approximate surface area is 111 Å². The van der Waals surface area contributed by atoms with E-state index in [-0.39, 0.29) is 0 Å². The summed E-state index contributed by atoms with van der Waals surface area (Å²) >= 11 is 1.59. The summed E-state index contributed by atoms with van der Waals surface area (Å²) in [6.07, 6.45) is -2.75. The van der Waals surface area contributed by atoms with E-state index in [9.17, 15) is 13.2 Å². The molecule has 0 saturated carbocycles. The lowest BCUT2D eigenvalue weighted by Gasteiger charge is -2.20. The molecule has 0 bridgehead atoms. The van der Waals surface area contributed by atoms with Gasteiger partial charge >= 0.3 is 6.18 Å². The van der Waals surface area contributed by atoms with E-state index >= 15 is 0 Å². The maximum Gasteiger partial charge on any atom is 0.391 e. The topological polar surface area (TPSA) is 24.4 Å². The van der Waals surface area contributed by atoms with Crippen LogP contribution in [0.5, 0.6) is 0 Å². The normalized spacial score (nSPS) is 22.2. The largest absolute Gasteiger partial charge is 0.391 e. The zero-order valence-electron chi connectivity index (χ0n) is 11.0. The van der Waals surface area contributed by atoms with Gasteiger partial charge in [0.2, 0.25) is 0 Å². The van der Waals surface area contributed by atoms with Crippen LogP contribution in [-0.4, -0.2) is 29.2 Å². The first-order valence-corrected chi connectivity index (χ1v) is 7.28. The average Bonchev–Trinajstić information content (AvgIpc) is 2.65. The molecule has 0 aromatic carbocycles. The Morgan fingerprint density at radius 1 is 1.39 bits per heavy atom. The van der Waals surface area contributed by atoms with Crippen molar-refractivity contribution in [3.8, 4) is 0 Å². The van der Waals surface area contributed by atoms with Crippen molar-refractivity contribution in [3.63, 3.8) is 0 Å². The van der Waals surface area contributed by atoms with Crippen molar-refractivity contribution in [2.75, 3.05) is 6.54 Å². The van der Waals surface area contributed by atoms with Gasteiger partial charge < -0.3 is 5.32 Å². The van der Waals surface area contributed by atoms with Crippen molar-refractivity contribution in [2.45, 2.75) is 57.5 Å². The van der Waals surface area contributed by atoms with E-state index in [4.69, 9.17) is 0 Å². The van der Waals surface area contributed by atoms with Crippen molar-refractivity contribution in [1.29, 1.82) is 0 Å². The molecule has 2 unspecified atom stereocenters. The minimum absolute atomic E-state index is 0.417. The van der Waals surface area contributed by atoms with Crippen LogP contribution in [0.3, 0.4) is 0 Å². The Kier molecular flexibility index (Phi) is 5.82. The molecule has 106 valence electrons. The molecule has 18 heavy (non-hydrogen) atoms. The predicted octanol–water partition coefficient (Wildman–Crippen LogP) is 3.82. The van der Waals surface area contributed by atoms with Gasteiger partial charge in [-0.1, -0.05) is 38.5 Å². The molecule has 0 aromatic heterocycles. The summed E-state index contributed by atoms with van der Waals surface area (Å²) in [6, 6.07) is -0.614. The van der Waals surface area contributed by atoms with Crippen LogP contribution in [-0.2, 0) is 0 Å². The molecule has 1 rings (SSSR count). The number of rotatable bonds is 5. The summed E-state index contributed by atoms with van der Waals surface area (Å²) < 4.78 is 36.6. The maximum atomic E-state index is 12.2. The van der Waals surface area contributed by atoms with E-state index in [0.717, 1.165) is 19.4 Å². The number of thioether (sulfide) groups is 1. The first-order valence-electron chi connectivity index (χ1n) is 6.40. The molecular formula is C12H21F3N2S. The number of nitrogens with zero attached hydrogens (tertiary/aromatic N) is 1. The van der Waals surface area contributed by atoms with Gasteiger partial charge in [-0.2, -0.15) is 13.2 Å². The quantitative estimate of drug-likeness (QED) is 0.829. The number of aliphatic imine (C=N–C) groups is 1. The fraction of sp³-hybridized carbons (Fsp3) is 0.917. The van der Waals surface area contributed by atoms with Crippen molar-refractivity contribution in [2.24, 2.45) is 10.9 Å². The van der Waals surface area contributed by atoms with Gasteiger partial charge in [0.15, 0.2) is 5.17 Å². The number of amidine groups is 1. The number of hydrogen-bond donors (Lipinski definition) is 1. The predicted molar refractivity (Wildman–Crippen MR) is 71.0 cm³/mol. The minimum Gasteiger partial charge on any atom is -0.362 e. The first kappa shape index (κ1) is 15.7. The molecule has 1 aliphatic heterocycles. The molecule has 0 saturated heterocycles. The average molecular weight is 282 g/mol. The molecule has 1 N–H and O–H groups in total. The van der Waals surface area contributed by atoms with Crippen LogP contribution in [0.25, 0.3) is 0 Å². The third kappa shape index (κ3) is 5.08. The number of halogens is 3. The maximum absolute atomic E-state index is 12.2. The van der Waals surface area contributed by atoms with Crippen LogP contribution in [0.1, 0.15) is 40.0 Å². The summed E-state index contributed by atoms with van der Waals surface area (Å²) in [5.41, 5.74) is 0. The van der Waals surface area contributed by atoms with E-state index < -0.39 is 18.6 Å². The molecule has 0 spiro atoms. The fourth-order valence-electron chi connectivity index (χ4n) is 2.14. The number of alkyl halides is 3. The lowest BCUT2D eigenvalue weighted by atomic mass is 9.99. The second-order valence-electron chi connectivity index (χ2n) is 4.74. The van der Waals surface area contributed by atoms with E-state index in [1.807, 2.05) is 0 Å². The third-order valence-corrected chi connectivity index (χ3v) is 4.47. The SMILES string of the molecule is CCC(CC)C1CN=C(NC(C)CC(F)(F)F)S1. The van der Waals surface area contributed by atoms with Gasteiger partial charge in [-0.3, -0.25) is 4.99 Å². The molecule has 2 atom stereocenters. The minimum atomic E-state index is -4.12. The highest BCUT2D eigenvalue weighted by atomic mass is 32.2. The van der Waals surface area contributed by atoms with E-state index in [1.165, 1.54) is 0 Å². The lowest BCUT2D eigenvalue weighted by molar-refractivity contribution is -0.138. The summed E-state index contributed by atoms with van der Waals surface area (Å²) in [4.78, 5) is 4.31. The van der Waals surface area contributed by atoms with E-state index in [1.54, 1.807) is 18.7 Å². The zero-order chi connectivity index (χ0) is 13.8. The second kappa shape index (κ2) is 6.68. The van der Waals surface area contributed by atoms with Gasteiger partial charge in [-0.25, -0.2) is 0 Å². The Bertz CT molecular complexity index is 288. The highest BCUT2D eigenvalue weighted by Crippen LogP contribution is 2.31. The van der Waals surface area contributed by atoms with Crippen molar-refractivity contribution in [1.82, 2.24) is 5.32 Å². The van der Waals surface area contributed by atoms with Gasteiger partial charge in [0.1, 0.15) is 0 Å². The summed E-state index contributed by atoms with van der Waals surface area (Å²) in [5, 5.41) is 3.95. The molecule has 6 heteroatoms. The standard InChI is InChI=1S/C12H21F3N2S/c1-4-9(5-2)10-7-16-11(18-10)17-8(3)6-12(13,14)15/h8-10H,4-7H2,1-3H3,(H,16,17). The highest BCUT2D eigenvalue weighted by Gasteiger charge is 2.32. The zero-order valence-corrected chi connectivity index (χ0v) is 11.9. The molecule has 0 fully saturated rings. The molecule has 1 aliphatic rings.